The fraction of sp³-hybridized carbons (Fsp3) is 0.417. The van der Waals surface area contributed by atoms with E-state index in [-0.39, 0.29) is 24.3 Å². The van der Waals surface area contributed by atoms with Crippen LogP contribution in [0.15, 0.2) is 24.3 Å². The van der Waals surface area contributed by atoms with E-state index in [0.29, 0.717) is 31.6 Å². The lowest BCUT2D eigenvalue weighted by atomic mass is 9.99. The van der Waals surface area contributed by atoms with E-state index in [1.807, 2.05) is 12.1 Å². The molecule has 3 heterocycles. The maximum atomic E-state index is 12.9. The number of piperidine rings is 1. The highest BCUT2D eigenvalue weighted by molar-refractivity contribution is 7.12. The first-order valence-corrected chi connectivity index (χ1v) is 12.2. The largest absolute Gasteiger partial charge is 0.334 e. The highest BCUT2D eigenvalue weighted by Gasteiger charge is 2.39. The summed E-state index contributed by atoms with van der Waals surface area (Å²) in [5.41, 5.74) is 3.63. The fourth-order valence-corrected chi connectivity index (χ4v) is 5.96. The lowest BCUT2D eigenvalue weighted by Crippen LogP contribution is -2.52. The van der Waals surface area contributed by atoms with Crippen molar-refractivity contribution >= 4 is 35.1 Å². The van der Waals surface area contributed by atoms with Crippen molar-refractivity contribution in [2.75, 3.05) is 0 Å². The van der Waals surface area contributed by atoms with Crippen molar-refractivity contribution in [1.29, 1.82) is 0 Å². The van der Waals surface area contributed by atoms with E-state index in [2.05, 4.69) is 22.0 Å². The summed E-state index contributed by atoms with van der Waals surface area (Å²) in [6.45, 7) is 1.15. The molecule has 0 radical (unpaired) electrons. The number of hydrogen-bond acceptors (Lipinski definition) is 5. The summed E-state index contributed by atoms with van der Waals surface area (Å²) in [5.74, 6) is -0.934. The molecule has 0 bridgehead atoms. The quantitative estimate of drug-likeness (QED) is 0.588. The van der Waals surface area contributed by atoms with Crippen LogP contribution in [0, 0.1) is 0 Å². The standard InChI is InChI=1S/C24H26N4O4S/c29-21-8-7-19(22(30)27-21)28-13-16-6-5-14(9-18(16)23(28)31)11-25-24(32)26-12-17-10-15-3-1-2-4-20(15)33-17/h5-6,9-10,19H,1-4,7-8,11-13H2,(H2,25,26,32)(H,27,29,30). The molecule has 1 aliphatic carbocycles. The Morgan fingerprint density at radius 1 is 1.03 bits per heavy atom. The summed E-state index contributed by atoms with van der Waals surface area (Å²) in [5, 5.41) is 8.07. The van der Waals surface area contributed by atoms with E-state index in [0.717, 1.165) is 24.0 Å². The number of benzene rings is 1. The molecule has 1 saturated heterocycles. The number of carbonyl (C=O) groups is 4. The third-order valence-corrected chi connectivity index (χ3v) is 7.75. The van der Waals surface area contributed by atoms with E-state index >= 15 is 0 Å². The van der Waals surface area contributed by atoms with Gasteiger partial charge >= 0.3 is 6.03 Å². The van der Waals surface area contributed by atoms with Gasteiger partial charge in [0, 0.05) is 34.8 Å². The summed E-state index contributed by atoms with van der Waals surface area (Å²) >= 11 is 1.79. The smallest absolute Gasteiger partial charge is 0.315 e. The van der Waals surface area contributed by atoms with Crippen LogP contribution in [0.25, 0.3) is 0 Å². The number of urea groups is 1. The predicted molar refractivity (Wildman–Crippen MR) is 123 cm³/mol. The highest BCUT2D eigenvalue weighted by Crippen LogP contribution is 2.30. The van der Waals surface area contributed by atoms with E-state index in [1.54, 1.807) is 17.4 Å². The molecule has 3 aliphatic rings. The average Bonchev–Trinajstić information content (AvgIpc) is 3.37. The van der Waals surface area contributed by atoms with Gasteiger partial charge in [0.25, 0.3) is 5.91 Å². The number of nitrogens with one attached hydrogen (secondary N) is 3. The van der Waals surface area contributed by atoms with Crippen LogP contribution in [0.3, 0.4) is 0 Å². The van der Waals surface area contributed by atoms with Gasteiger partial charge in [0.15, 0.2) is 0 Å². The molecular formula is C24H26N4O4S. The van der Waals surface area contributed by atoms with Crippen molar-refractivity contribution in [2.45, 2.75) is 64.2 Å². The van der Waals surface area contributed by atoms with Gasteiger partial charge in [-0.2, -0.15) is 0 Å². The highest BCUT2D eigenvalue weighted by atomic mass is 32.1. The number of nitrogens with zero attached hydrogens (tertiary/aromatic N) is 1. The zero-order valence-electron chi connectivity index (χ0n) is 18.2. The normalized spacial score (nSPS) is 19.7. The second-order valence-electron chi connectivity index (χ2n) is 8.80. The van der Waals surface area contributed by atoms with Gasteiger partial charge in [-0.3, -0.25) is 19.7 Å². The minimum Gasteiger partial charge on any atom is -0.334 e. The first-order chi connectivity index (χ1) is 16.0. The SMILES string of the molecule is O=C1CCC(N2Cc3ccc(CNC(=O)NCc4cc5c(s4)CCCC5)cc3C2=O)C(=O)N1. The van der Waals surface area contributed by atoms with Crippen molar-refractivity contribution < 1.29 is 19.2 Å². The maximum Gasteiger partial charge on any atom is 0.315 e. The monoisotopic (exact) mass is 466 g/mol. The molecule has 1 atom stereocenters. The Morgan fingerprint density at radius 3 is 2.67 bits per heavy atom. The van der Waals surface area contributed by atoms with Crippen LogP contribution in [0.1, 0.15) is 62.5 Å². The molecule has 5 amide bonds. The van der Waals surface area contributed by atoms with Crippen LogP contribution >= 0.6 is 11.3 Å². The number of carbonyl (C=O) groups excluding carboxylic acids is 4. The Bertz CT molecular complexity index is 1120. The minimum absolute atomic E-state index is 0.215. The van der Waals surface area contributed by atoms with Crippen LogP contribution in [0.4, 0.5) is 4.79 Å². The van der Waals surface area contributed by atoms with E-state index in [1.165, 1.54) is 33.1 Å². The number of fused-ring (bicyclic) bond motifs is 2. The van der Waals surface area contributed by atoms with Gasteiger partial charge in [-0.05, 0) is 60.9 Å². The average molecular weight is 467 g/mol. The lowest BCUT2D eigenvalue weighted by Gasteiger charge is -2.29. The van der Waals surface area contributed by atoms with E-state index in [4.69, 9.17) is 0 Å². The molecule has 3 N–H and O–H groups in total. The minimum atomic E-state index is -0.627. The van der Waals surface area contributed by atoms with Crippen LogP contribution in [0.2, 0.25) is 0 Å². The first kappa shape index (κ1) is 21.6. The topological polar surface area (TPSA) is 108 Å². The molecule has 9 heteroatoms. The van der Waals surface area contributed by atoms with Crippen LogP contribution in [-0.4, -0.2) is 34.7 Å². The number of aryl methyl sites for hydroxylation is 2. The number of thiophene rings is 1. The van der Waals surface area contributed by atoms with Crippen molar-refractivity contribution in [3.05, 3.63) is 56.3 Å². The van der Waals surface area contributed by atoms with Crippen LogP contribution in [-0.2, 0) is 42.1 Å². The number of amides is 5. The molecular weight excluding hydrogens is 440 g/mol. The second-order valence-corrected chi connectivity index (χ2v) is 10.0. The summed E-state index contributed by atoms with van der Waals surface area (Å²) in [4.78, 5) is 52.9. The molecule has 2 aromatic rings. The Hall–Kier alpha value is -3.20. The lowest BCUT2D eigenvalue weighted by molar-refractivity contribution is -0.136. The number of hydrogen-bond donors (Lipinski definition) is 3. The third kappa shape index (κ3) is 4.50. The Kier molecular flexibility index (Phi) is 5.88. The zero-order valence-corrected chi connectivity index (χ0v) is 19.1. The van der Waals surface area contributed by atoms with Crippen LogP contribution < -0.4 is 16.0 Å². The Labute approximate surface area is 195 Å². The zero-order chi connectivity index (χ0) is 22.9. The molecule has 1 aromatic heterocycles. The van der Waals surface area contributed by atoms with Crippen LogP contribution in [0.5, 0.6) is 0 Å². The molecule has 172 valence electrons. The Balaban J connectivity index is 1.15. The van der Waals surface area contributed by atoms with E-state index in [9.17, 15) is 19.2 Å². The van der Waals surface area contributed by atoms with Crippen molar-refractivity contribution in [3.8, 4) is 0 Å². The van der Waals surface area contributed by atoms with Gasteiger partial charge in [-0.25, -0.2) is 4.79 Å². The molecule has 0 spiro atoms. The summed E-state index contributed by atoms with van der Waals surface area (Å²) < 4.78 is 0. The molecule has 2 aliphatic heterocycles. The molecule has 0 saturated carbocycles. The summed E-state index contributed by atoms with van der Waals surface area (Å²) in [6.07, 6.45) is 5.34. The molecule has 33 heavy (non-hydrogen) atoms. The molecule has 1 fully saturated rings. The van der Waals surface area contributed by atoms with Gasteiger partial charge in [-0.1, -0.05) is 12.1 Å². The Morgan fingerprint density at radius 2 is 1.85 bits per heavy atom. The molecule has 5 rings (SSSR count). The number of imide groups is 1. The van der Waals surface area contributed by atoms with Crippen molar-refractivity contribution in [2.24, 2.45) is 0 Å². The van der Waals surface area contributed by atoms with Gasteiger partial charge in [0.1, 0.15) is 6.04 Å². The molecule has 1 unspecified atom stereocenters. The van der Waals surface area contributed by atoms with Gasteiger partial charge < -0.3 is 15.5 Å². The summed E-state index contributed by atoms with van der Waals surface area (Å²) in [7, 11) is 0. The first-order valence-electron chi connectivity index (χ1n) is 11.4. The molecule has 1 aromatic carbocycles. The third-order valence-electron chi connectivity index (χ3n) is 6.52. The second kappa shape index (κ2) is 8.97. The van der Waals surface area contributed by atoms with Gasteiger partial charge in [-0.15, -0.1) is 11.3 Å². The van der Waals surface area contributed by atoms with Crippen molar-refractivity contribution in [3.63, 3.8) is 0 Å². The van der Waals surface area contributed by atoms with Gasteiger partial charge in [0.05, 0.1) is 6.54 Å². The van der Waals surface area contributed by atoms with Crippen molar-refractivity contribution in [1.82, 2.24) is 20.9 Å². The number of rotatable bonds is 5. The fourth-order valence-electron chi connectivity index (χ4n) is 4.76. The van der Waals surface area contributed by atoms with E-state index < -0.39 is 11.9 Å². The van der Waals surface area contributed by atoms with Gasteiger partial charge in [0.2, 0.25) is 11.8 Å². The molecule has 8 nitrogen and oxygen atoms in total. The summed E-state index contributed by atoms with van der Waals surface area (Å²) in [6, 6.07) is 6.85. The maximum absolute atomic E-state index is 12.9. The predicted octanol–water partition coefficient (Wildman–Crippen LogP) is 2.39.